The van der Waals surface area contributed by atoms with Gasteiger partial charge in [0.05, 0.1) is 0 Å². The molecule has 0 N–H and O–H groups in total. The van der Waals surface area contributed by atoms with Gasteiger partial charge in [-0.2, -0.15) is 0 Å². The summed E-state index contributed by atoms with van der Waals surface area (Å²) in [7, 11) is 1.50. The van der Waals surface area contributed by atoms with Crippen molar-refractivity contribution in [1.82, 2.24) is 9.80 Å². The second kappa shape index (κ2) is 6.70. The van der Waals surface area contributed by atoms with Crippen molar-refractivity contribution in [2.24, 2.45) is 0 Å². The van der Waals surface area contributed by atoms with Gasteiger partial charge in [0, 0.05) is 45.6 Å². The fourth-order valence-corrected chi connectivity index (χ4v) is 1.82. The van der Waals surface area contributed by atoms with E-state index >= 15 is 0 Å². The number of piperazine rings is 1. The van der Waals surface area contributed by atoms with Crippen molar-refractivity contribution in [3.05, 3.63) is 0 Å². The second-order valence-electron chi connectivity index (χ2n) is 3.63. The van der Waals surface area contributed by atoms with E-state index in [0.29, 0.717) is 38.5 Å². The van der Waals surface area contributed by atoms with Crippen LogP contribution in [-0.4, -0.2) is 67.4 Å². The van der Waals surface area contributed by atoms with Gasteiger partial charge in [-0.25, -0.2) is 0 Å². The van der Waals surface area contributed by atoms with E-state index in [2.05, 4.69) is 0 Å². The molecule has 2 amide bonds. The summed E-state index contributed by atoms with van der Waals surface area (Å²) < 4.78 is 4.78. The number of carbonyl (C=O) groups excluding carboxylic acids is 2. The lowest BCUT2D eigenvalue weighted by molar-refractivity contribution is -0.141. The Labute approximate surface area is 100 Å². The third kappa shape index (κ3) is 3.64. The Balaban J connectivity index is 2.33. The number of hydrogen-bond donors (Lipinski definition) is 0. The number of amides is 2. The van der Waals surface area contributed by atoms with Crippen molar-refractivity contribution in [2.45, 2.75) is 6.42 Å². The number of rotatable bonds is 4. The molecule has 1 heterocycles. The largest absolute Gasteiger partial charge is 0.375 e. The summed E-state index contributed by atoms with van der Waals surface area (Å²) in [6.07, 6.45) is 0.369. The Morgan fingerprint density at radius 3 is 2.06 bits per heavy atom. The molecule has 0 radical (unpaired) electrons. The Hall–Kier alpha value is -0.810. The summed E-state index contributed by atoms with van der Waals surface area (Å²) in [5, 5.41) is 0. The molecule has 1 rings (SSSR count). The molecule has 0 spiro atoms. The van der Waals surface area contributed by atoms with E-state index < -0.39 is 0 Å². The van der Waals surface area contributed by atoms with Crippen LogP contribution in [0, 0.1) is 0 Å². The molecular weight excluding hydrogens is 232 g/mol. The molecular formula is C10H17ClN2O3. The summed E-state index contributed by atoms with van der Waals surface area (Å²) in [6, 6.07) is 0. The molecule has 1 aliphatic heterocycles. The lowest BCUT2D eigenvalue weighted by atomic mass is 10.3. The van der Waals surface area contributed by atoms with Crippen LogP contribution in [-0.2, 0) is 14.3 Å². The molecule has 0 aromatic carbocycles. The summed E-state index contributed by atoms with van der Waals surface area (Å²) in [4.78, 5) is 26.5. The van der Waals surface area contributed by atoms with Gasteiger partial charge in [0.25, 0.3) is 0 Å². The molecule has 0 aromatic heterocycles. The molecule has 0 aliphatic carbocycles. The minimum atomic E-state index is -0.0213. The van der Waals surface area contributed by atoms with Crippen LogP contribution in [0.5, 0.6) is 0 Å². The van der Waals surface area contributed by atoms with Crippen molar-refractivity contribution >= 4 is 23.4 Å². The van der Waals surface area contributed by atoms with Crippen LogP contribution in [0.2, 0.25) is 0 Å². The number of halogens is 1. The first-order chi connectivity index (χ1) is 7.69. The van der Waals surface area contributed by atoms with Crippen molar-refractivity contribution < 1.29 is 14.3 Å². The fraction of sp³-hybridized carbons (Fsp3) is 0.800. The van der Waals surface area contributed by atoms with Crippen LogP contribution in [0.1, 0.15) is 6.42 Å². The Morgan fingerprint density at radius 1 is 1.12 bits per heavy atom. The maximum Gasteiger partial charge on any atom is 0.248 e. The van der Waals surface area contributed by atoms with Crippen molar-refractivity contribution in [3.63, 3.8) is 0 Å². The zero-order chi connectivity index (χ0) is 12.0. The number of ether oxygens (including phenoxy) is 1. The topological polar surface area (TPSA) is 49.9 Å². The van der Waals surface area contributed by atoms with Gasteiger partial charge in [-0.05, 0) is 0 Å². The minimum Gasteiger partial charge on any atom is -0.375 e. The zero-order valence-corrected chi connectivity index (χ0v) is 10.2. The third-order valence-electron chi connectivity index (χ3n) is 2.56. The van der Waals surface area contributed by atoms with Crippen LogP contribution in [0.25, 0.3) is 0 Å². The summed E-state index contributed by atoms with van der Waals surface area (Å²) >= 11 is 5.51. The monoisotopic (exact) mass is 248 g/mol. The lowest BCUT2D eigenvalue weighted by Gasteiger charge is -2.34. The van der Waals surface area contributed by atoms with Gasteiger partial charge in [0.1, 0.15) is 6.61 Å². The Morgan fingerprint density at radius 2 is 1.62 bits per heavy atom. The average Bonchev–Trinajstić information content (AvgIpc) is 2.30. The van der Waals surface area contributed by atoms with Gasteiger partial charge >= 0.3 is 0 Å². The van der Waals surface area contributed by atoms with Crippen molar-refractivity contribution in [2.75, 3.05) is 45.8 Å². The van der Waals surface area contributed by atoms with Gasteiger partial charge in [-0.15, -0.1) is 11.6 Å². The third-order valence-corrected chi connectivity index (χ3v) is 2.75. The average molecular weight is 249 g/mol. The molecule has 16 heavy (non-hydrogen) atoms. The predicted molar refractivity (Wildman–Crippen MR) is 60.4 cm³/mol. The molecule has 0 atom stereocenters. The summed E-state index contributed by atoms with van der Waals surface area (Å²) in [6.45, 7) is 2.44. The lowest BCUT2D eigenvalue weighted by Crippen LogP contribution is -2.51. The highest BCUT2D eigenvalue weighted by atomic mass is 35.5. The van der Waals surface area contributed by atoms with E-state index in [1.54, 1.807) is 9.80 Å². The van der Waals surface area contributed by atoms with E-state index in [9.17, 15) is 9.59 Å². The van der Waals surface area contributed by atoms with Crippen LogP contribution >= 0.6 is 11.6 Å². The molecule has 1 saturated heterocycles. The van der Waals surface area contributed by atoms with Crippen LogP contribution < -0.4 is 0 Å². The Kier molecular flexibility index (Phi) is 5.55. The van der Waals surface area contributed by atoms with Gasteiger partial charge in [0.2, 0.25) is 11.8 Å². The number of carbonyl (C=O) groups is 2. The molecule has 0 unspecified atom stereocenters. The quantitative estimate of drug-likeness (QED) is 0.655. The van der Waals surface area contributed by atoms with E-state index in [-0.39, 0.29) is 18.4 Å². The Bertz CT molecular complexity index is 226. The first-order valence-corrected chi connectivity index (χ1v) is 5.83. The molecule has 1 aliphatic rings. The first kappa shape index (κ1) is 13.3. The highest BCUT2D eigenvalue weighted by Crippen LogP contribution is 2.04. The van der Waals surface area contributed by atoms with Crippen molar-refractivity contribution in [1.29, 1.82) is 0 Å². The van der Waals surface area contributed by atoms with Gasteiger partial charge in [-0.1, -0.05) is 0 Å². The molecule has 92 valence electrons. The molecule has 1 fully saturated rings. The second-order valence-corrected chi connectivity index (χ2v) is 4.01. The minimum absolute atomic E-state index is 0.0213. The van der Waals surface area contributed by atoms with Crippen LogP contribution in [0.4, 0.5) is 0 Å². The molecule has 6 heteroatoms. The molecule has 5 nitrogen and oxygen atoms in total. The van der Waals surface area contributed by atoms with Crippen LogP contribution in [0.15, 0.2) is 0 Å². The van der Waals surface area contributed by atoms with Crippen molar-refractivity contribution in [3.8, 4) is 0 Å². The number of alkyl halides is 1. The standard InChI is InChI=1S/C10H17ClN2O3/c1-16-8-10(15)13-6-4-12(5-7-13)9(14)2-3-11/h2-8H2,1H3. The van der Waals surface area contributed by atoms with E-state index in [0.717, 1.165) is 0 Å². The van der Waals surface area contributed by atoms with Gasteiger partial charge in [-0.3, -0.25) is 9.59 Å². The summed E-state index contributed by atoms with van der Waals surface area (Å²) in [5.41, 5.74) is 0. The van der Waals surface area contributed by atoms with Gasteiger partial charge < -0.3 is 14.5 Å². The molecule has 0 aromatic rings. The highest BCUT2D eigenvalue weighted by Gasteiger charge is 2.23. The molecule has 0 bridgehead atoms. The smallest absolute Gasteiger partial charge is 0.248 e. The zero-order valence-electron chi connectivity index (χ0n) is 9.45. The van der Waals surface area contributed by atoms with E-state index in [1.165, 1.54) is 7.11 Å². The van der Waals surface area contributed by atoms with Crippen LogP contribution in [0.3, 0.4) is 0 Å². The highest BCUT2D eigenvalue weighted by molar-refractivity contribution is 6.18. The summed E-state index contributed by atoms with van der Waals surface area (Å²) in [5.74, 6) is 0.391. The SMILES string of the molecule is COCC(=O)N1CCN(C(=O)CCCl)CC1. The number of methoxy groups -OCH3 is 1. The molecule has 0 saturated carbocycles. The van der Waals surface area contributed by atoms with E-state index in [4.69, 9.17) is 16.3 Å². The number of hydrogen-bond acceptors (Lipinski definition) is 3. The maximum atomic E-state index is 11.5. The first-order valence-electron chi connectivity index (χ1n) is 5.29. The normalized spacial score (nSPS) is 16.4. The predicted octanol–water partition coefficient (Wildman–Crippen LogP) is -0.0675. The maximum absolute atomic E-state index is 11.5. The number of nitrogens with zero attached hydrogens (tertiary/aromatic N) is 2. The fourth-order valence-electron chi connectivity index (χ4n) is 1.66. The van der Waals surface area contributed by atoms with Gasteiger partial charge in [0.15, 0.2) is 0 Å². The van der Waals surface area contributed by atoms with E-state index in [1.807, 2.05) is 0 Å².